The number of hydrogen-bond acceptors (Lipinski definition) is 2. The third-order valence-electron chi connectivity index (χ3n) is 3.07. The molecule has 1 unspecified atom stereocenters. The van der Waals surface area contributed by atoms with E-state index in [1.54, 1.807) is 0 Å². The Hall–Kier alpha value is -1.75. The fourth-order valence-electron chi connectivity index (χ4n) is 2.23. The van der Waals surface area contributed by atoms with Crippen molar-refractivity contribution >= 4 is 0 Å². The number of allylic oxidation sites excluding steroid dienone is 1. The van der Waals surface area contributed by atoms with Crippen molar-refractivity contribution < 1.29 is 4.74 Å². The van der Waals surface area contributed by atoms with E-state index in [0.29, 0.717) is 5.56 Å². The predicted molar refractivity (Wildman–Crippen MR) is 68.0 cm³/mol. The summed E-state index contributed by atoms with van der Waals surface area (Å²) >= 11 is 0. The lowest BCUT2D eigenvalue weighted by Gasteiger charge is -2.21. The molecular formula is C15H17NO. The standard InChI is InChI=1S/C15H17NO/c1-11-8-13(10-16)9-12(2)15(11)17-14-6-4-3-5-7-14/h4,6,8-9,14H,3,5,7H2,1-2H3. The lowest BCUT2D eigenvalue weighted by atomic mass is 10.0. The van der Waals surface area contributed by atoms with E-state index in [1.165, 1.54) is 6.42 Å². The molecule has 1 aliphatic rings. The Morgan fingerprint density at radius 2 is 2.00 bits per heavy atom. The minimum Gasteiger partial charge on any atom is -0.486 e. The van der Waals surface area contributed by atoms with Crippen molar-refractivity contribution in [3.05, 3.63) is 41.0 Å². The van der Waals surface area contributed by atoms with Gasteiger partial charge in [0.1, 0.15) is 11.9 Å². The van der Waals surface area contributed by atoms with Crippen LogP contribution in [0.25, 0.3) is 0 Å². The number of ether oxygens (including phenoxy) is 1. The van der Waals surface area contributed by atoms with Crippen LogP contribution < -0.4 is 4.74 Å². The lowest BCUT2D eigenvalue weighted by molar-refractivity contribution is 0.227. The zero-order chi connectivity index (χ0) is 12.3. The first-order valence-corrected chi connectivity index (χ1v) is 6.05. The largest absolute Gasteiger partial charge is 0.486 e. The molecule has 0 radical (unpaired) electrons. The van der Waals surface area contributed by atoms with Gasteiger partial charge in [-0.2, -0.15) is 5.26 Å². The quantitative estimate of drug-likeness (QED) is 0.722. The molecule has 0 fully saturated rings. The van der Waals surface area contributed by atoms with E-state index in [-0.39, 0.29) is 6.10 Å². The molecule has 2 nitrogen and oxygen atoms in total. The van der Waals surface area contributed by atoms with E-state index >= 15 is 0 Å². The normalized spacial score (nSPS) is 18.8. The molecule has 2 heteroatoms. The van der Waals surface area contributed by atoms with Gasteiger partial charge < -0.3 is 4.74 Å². The van der Waals surface area contributed by atoms with Gasteiger partial charge >= 0.3 is 0 Å². The molecular weight excluding hydrogens is 210 g/mol. The van der Waals surface area contributed by atoms with E-state index in [1.807, 2.05) is 26.0 Å². The highest BCUT2D eigenvalue weighted by atomic mass is 16.5. The fraction of sp³-hybridized carbons (Fsp3) is 0.400. The molecule has 0 saturated carbocycles. The van der Waals surface area contributed by atoms with Crippen LogP contribution in [0.15, 0.2) is 24.3 Å². The molecule has 0 spiro atoms. The van der Waals surface area contributed by atoms with Gasteiger partial charge in [-0.1, -0.05) is 6.08 Å². The minimum atomic E-state index is 0.189. The molecule has 0 aliphatic heterocycles. The van der Waals surface area contributed by atoms with Gasteiger partial charge in [0.2, 0.25) is 0 Å². The van der Waals surface area contributed by atoms with Crippen molar-refractivity contribution in [3.63, 3.8) is 0 Å². The Balaban J connectivity index is 2.24. The van der Waals surface area contributed by atoms with E-state index in [9.17, 15) is 0 Å². The molecule has 1 aromatic carbocycles. The summed E-state index contributed by atoms with van der Waals surface area (Å²) in [5.41, 5.74) is 2.78. The molecule has 2 rings (SSSR count). The molecule has 1 aromatic rings. The molecule has 0 N–H and O–H groups in total. The summed E-state index contributed by atoms with van der Waals surface area (Å²) in [5, 5.41) is 8.90. The number of nitrogens with zero attached hydrogens (tertiary/aromatic N) is 1. The van der Waals surface area contributed by atoms with Crippen LogP contribution in [0.3, 0.4) is 0 Å². The van der Waals surface area contributed by atoms with Crippen molar-refractivity contribution in [1.29, 1.82) is 5.26 Å². The van der Waals surface area contributed by atoms with Crippen LogP contribution in [0.5, 0.6) is 5.75 Å². The zero-order valence-corrected chi connectivity index (χ0v) is 10.4. The highest BCUT2D eigenvalue weighted by Crippen LogP contribution is 2.27. The van der Waals surface area contributed by atoms with Crippen molar-refractivity contribution in [1.82, 2.24) is 0 Å². The highest BCUT2D eigenvalue weighted by molar-refractivity contribution is 5.47. The van der Waals surface area contributed by atoms with Gasteiger partial charge in [-0.05, 0) is 62.4 Å². The summed E-state index contributed by atoms with van der Waals surface area (Å²) < 4.78 is 6.02. The number of benzene rings is 1. The van der Waals surface area contributed by atoms with Crippen LogP contribution in [0.2, 0.25) is 0 Å². The average Bonchev–Trinajstić information content (AvgIpc) is 2.35. The lowest BCUT2D eigenvalue weighted by Crippen LogP contribution is -2.16. The van der Waals surface area contributed by atoms with Crippen LogP contribution in [0.1, 0.15) is 36.0 Å². The molecule has 88 valence electrons. The van der Waals surface area contributed by atoms with Crippen molar-refractivity contribution in [3.8, 4) is 11.8 Å². The van der Waals surface area contributed by atoms with Crippen LogP contribution in [0, 0.1) is 25.2 Å². The van der Waals surface area contributed by atoms with E-state index in [0.717, 1.165) is 29.7 Å². The number of hydrogen-bond donors (Lipinski definition) is 0. The second-order valence-corrected chi connectivity index (χ2v) is 4.57. The summed E-state index contributed by atoms with van der Waals surface area (Å²) in [6.07, 6.45) is 7.94. The van der Waals surface area contributed by atoms with Crippen LogP contribution in [-0.2, 0) is 0 Å². The molecule has 0 bridgehead atoms. The van der Waals surface area contributed by atoms with E-state index in [4.69, 9.17) is 10.00 Å². The molecule has 1 aliphatic carbocycles. The number of aryl methyl sites for hydroxylation is 2. The Morgan fingerprint density at radius 1 is 1.29 bits per heavy atom. The maximum Gasteiger partial charge on any atom is 0.126 e. The number of rotatable bonds is 2. The highest BCUT2D eigenvalue weighted by Gasteiger charge is 2.13. The second kappa shape index (κ2) is 5.05. The summed E-state index contributed by atoms with van der Waals surface area (Å²) in [5.74, 6) is 0.931. The van der Waals surface area contributed by atoms with Crippen molar-refractivity contribution in [2.75, 3.05) is 0 Å². The third kappa shape index (κ3) is 2.68. The maximum atomic E-state index is 8.90. The van der Waals surface area contributed by atoms with Gasteiger partial charge in [0, 0.05) is 0 Å². The summed E-state index contributed by atoms with van der Waals surface area (Å²) in [7, 11) is 0. The average molecular weight is 227 g/mol. The smallest absolute Gasteiger partial charge is 0.126 e. The monoisotopic (exact) mass is 227 g/mol. The Labute approximate surface area is 103 Å². The molecule has 17 heavy (non-hydrogen) atoms. The van der Waals surface area contributed by atoms with Gasteiger partial charge in [-0.3, -0.25) is 0 Å². The molecule has 0 saturated heterocycles. The van der Waals surface area contributed by atoms with Crippen molar-refractivity contribution in [2.24, 2.45) is 0 Å². The Kier molecular flexibility index (Phi) is 3.49. The predicted octanol–water partition coefficient (Wildman–Crippen LogP) is 3.66. The second-order valence-electron chi connectivity index (χ2n) is 4.57. The van der Waals surface area contributed by atoms with Gasteiger partial charge in [0.15, 0.2) is 0 Å². The Bertz CT molecular complexity index is 459. The van der Waals surface area contributed by atoms with Crippen LogP contribution in [0.4, 0.5) is 0 Å². The van der Waals surface area contributed by atoms with E-state index in [2.05, 4.69) is 18.2 Å². The fourth-order valence-corrected chi connectivity index (χ4v) is 2.23. The van der Waals surface area contributed by atoms with E-state index < -0.39 is 0 Å². The summed E-state index contributed by atoms with van der Waals surface area (Å²) in [6, 6.07) is 5.94. The minimum absolute atomic E-state index is 0.189. The summed E-state index contributed by atoms with van der Waals surface area (Å²) in [4.78, 5) is 0. The first-order chi connectivity index (χ1) is 8.20. The summed E-state index contributed by atoms with van der Waals surface area (Å²) in [6.45, 7) is 3.99. The van der Waals surface area contributed by atoms with Gasteiger partial charge in [-0.15, -0.1) is 0 Å². The third-order valence-corrected chi connectivity index (χ3v) is 3.07. The SMILES string of the molecule is Cc1cc(C#N)cc(C)c1OC1C=CCCC1. The molecule has 0 aromatic heterocycles. The van der Waals surface area contributed by atoms with Crippen LogP contribution in [-0.4, -0.2) is 6.10 Å². The number of nitriles is 1. The first kappa shape index (κ1) is 11.7. The molecule has 1 atom stereocenters. The van der Waals surface area contributed by atoms with Crippen molar-refractivity contribution in [2.45, 2.75) is 39.2 Å². The Morgan fingerprint density at radius 3 is 2.53 bits per heavy atom. The zero-order valence-electron chi connectivity index (χ0n) is 10.4. The molecule has 0 heterocycles. The van der Waals surface area contributed by atoms with Gasteiger partial charge in [-0.25, -0.2) is 0 Å². The topological polar surface area (TPSA) is 33.0 Å². The first-order valence-electron chi connectivity index (χ1n) is 6.05. The van der Waals surface area contributed by atoms with Gasteiger partial charge in [0.25, 0.3) is 0 Å². The van der Waals surface area contributed by atoms with Gasteiger partial charge in [0.05, 0.1) is 11.6 Å². The maximum absolute atomic E-state index is 8.90. The van der Waals surface area contributed by atoms with Crippen LogP contribution >= 0.6 is 0 Å². The molecule has 0 amide bonds.